The van der Waals surface area contributed by atoms with Gasteiger partial charge in [-0.1, -0.05) is 46.7 Å². The number of pyridine rings is 1. The van der Waals surface area contributed by atoms with Crippen LogP contribution in [0.5, 0.6) is 0 Å². The summed E-state index contributed by atoms with van der Waals surface area (Å²) >= 11 is 0. The summed E-state index contributed by atoms with van der Waals surface area (Å²) in [5.74, 6) is 1.78. The lowest BCUT2D eigenvalue weighted by atomic mass is 10.1. The Hall–Kier alpha value is -3.32. The monoisotopic (exact) mass is 347 g/mol. The predicted octanol–water partition coefficient (Wildman–Crippen LogP) is 3.42. The van der Waals surface area contributed by atoms with E-state index in [4.69, 9.17) is 9.05 Å². The average molecular weight is 347 g/mol. The first-order valence-corrected chi connectivity index (χ1v) is 8.21. The van der Waals surface area contributed by atoms with Crippen LogP contribution in [0.3, 0.4) is 0 Å². The molecule has 4 rings (SSSR count). The fraction of sp³-hybridized carbons (Fsp3) is 0.158. The summed E-state index contributed by atoms with van der Waals surface area (Å²) in [4.78, 5) is 10.6. The quantitative estimate of drug-likeness (QED) is 0.528. The molecular weight excluding hydrogens is 330 g/mol. The van der Waals surface area contributed by atoms with Crippen LogP contribution in [-0.4, -0.2) is 32.2 Å². The summed E-state index contributed by atoms with van der Waals surface area (Å²) < 4.78 is 10.7. The SMILES string of the molecule is CN(Cc1cc(-c2ccccc2)no1)Cc1nc(-c2ccccn2)no1. The molecule has 1 aromatic carbocycles. The largest absolute Gasteiger partial charge is 0.359 e. The van der Waals surface area contributed by atoms with Crippen LogP contribution < -0.4 is 0 Å². The molecule has 26 heavy (non-hydrogen) atoms. The molecule has 0 aliphatic carbocycles. The lowest BCUT2D eigenvalue weighted by Crippen LogP contribution is -2.17. The Morgan fingerprint density at radius 1 is 0.885 bits per heavy atom. The summed E-state index contributed by atoms with van der Waals surface area (Å²) in [6.07, 6.45) is 1.70. The Morgan fingerprint density at radius 3 is 2.54 bits per heavy atom. The van der Waals surface area contributed by atoms with E-state index in [-0.39, 0.29) is 0 Å². The molecule has 0 radical (unpaired) electrons. The van der Waals surface area contributed by atoms with Crippen LogP contribution >= 0.6 is 0 Å². The van der Waals surface area contributed by atoms with E-state index in [9.17, 15) is 0 Å². The van der Waals surface area contributed by atoms with Gasteiger partial charge in [0.05, 0.1) is 13.1 Å². The summed E-state index contributed by atoms with van der Waals surface area (Å²) in [6.45, 7) is 1.09. The molecular formula is C19H17N5O2. The molecule has 0 unspecified atom stereocenters. The van der Waals surface area contributed by atoms with Gasteiger partial charge < -0.3 is 9.05 Å². The molecule has 0 saturated carbocycles. The number of hydrogen-bond donors (Lipinski definition) is 0. The summed E-state index contributed by atoms with van der Waals surface area (Å²) in [5, 5.41) is 8.11. The van der Waals surface area contributed by atoms with Crippen LogP contribution in [0.4, 0.5) is 0 Å². The van der Waals surface area contributed by atoms with Crippen molar-refractivity contribution in [2.24, 2.45) is 0 Å². The van der Waals surface area contributed by atoms with Crippen molar-refractivity contribution in [3.05, 3.63) is 72.4 Å². The van der Waals surface area contributed by atoms with Crippen LogP contribution in [0, 0.1) is 0 Å². The number of benzene rings is 1. The van der Waals surface area contributed by atoms with Crippen LogP contribution in [0.25, 0.3) is 22.8 Å². The Morgan fingerprint density at radius 2 is 1.73 bits per heavy atom. The average Bonchev–Trinajstić information content (AvgIpc) is 3.33. The molecule has 3 heterocycles. The Bertz CT molecular complexity index is 886. The molecule has 0 spiro atoms. The molecule has 0 atom stereocenters. The Balaban J connectivity index is 1.40. The van der Waals surface area contributed by atoms with Crippen molar-refractivity contribution < 1.29 is 9.05 Å². The number of hydrogen-bond acceptors (Lipinski definition) is 7. The Labute approximate surface area is 150 Å². The van der Waals surface area contributed by atoms with Crippen molar-refractivity contribution in [2.45, 2.75) is 13.1 Å². The van der Waals surface area contributed by atoms with E-state index >= 15 is 0 Å². The Kier molecular flexibility index (Phi) is 4.53. The molecule has 7 heteroatoms. The van der Waals surface area contributed by atoms with Crippen molar-refractivity contribution >= 4 is 0 Å². The molecule has 0 aliphatic heterocycles. The molecule has 0 bridgehead atoms. The minimum absolute atomic E-state index is 0.486. The van der Waals surface area contributed by atoms with Gasteiger partial charge in [0.2, 0.25) is 11.7 Å². The first-order valence-electron chi connectivity index (χ1n) is 8.21. The number of aromatic nitrogens is 4. The third-order valence-corrected chi connectivity index (χ3v) is 3.82. The highest BCUT2D eigenvalue weighted by Crippen LogP contribution is 2.20. The predicted molar refractivity (Wildman–Crippen MR) is 94.6 cm³/mol. The first-order chi connectivity index (χ1) is 12.8. The van der Waals surface area contributed by atoms with E-state index in [1.54, 1.807) is 6.20 Å². The summed E-state index contributed by atoms with van der Waals surface area (Å²) in [5.41, 5.74) is 2.54. The fourth-order valence-electron chi connectivity index (χ4n) is 2.60. The van der Waals surface area contributed by atoms with Crippen LogP contribution in [-0.2, 0) is 13.1 Å². The molecule has 7 nitrogen and oxygen atoms in total. The number of rotatable bonds is 6. The molecule has 0 saturated heterocycles. The third-order valence-electron chi connectivity index (χ3n) is 3.82. The summed E-state index contributed by atoms with van der Waals surface area (Å²) in [6, 6.07) is 17.5. The molecule has 3 aromatic heterocycles. The second kappa shape index (κ2) is 7.28. The standard InChI is InChI=1S/C19H17N5O2/c1-24(12-15-11-17(22-25-15)14-7-3-2-4-8-14)13-18-21-19(23-26-18)16-9-5-6-10-20-16/h2-11H,12-13H2,1H3. The van der Waals surface area contributed by atoms with E-state index in [0.717, 1.165) is 17.0 Å². The molecule has 0 N–H and O–H groups in total. The van der Waals surface area contributed by atoms with Crippen LogP contribution in [0.2, 0.25) is 0 Å². The van der Waals surface area contributed by atoms with Crippen molar-refractivity contribution in [2.75, 3.05) is 7.05 Å². The highest BCUT2D eigenvalue weighted by Gasteiger charge is 2.14. The van der Waals surface area contributed by atoms with Crippen molar-refractivity contribution in [1.82, 2.24) is 25.2 Å². The van der Waals surface area contributed by atoms with Gasteiger partial charge in [-0.2, -0.15) is 4.98 Å². The number of nitrogens with zero attached hydrogens (tertiary/aromatic N) is 5. The molecule has 130 valence electrons. The van der Waals surface area contributed by atoms with Crippen molar-refractivity contribution in [3.8, 4) is 22.8 Å². The second-order valence-corrected chi connectivity index (χ2v) is 5.94. The van der Waals surface area contributed by atoms with Gasteiger partial charge >= 0.3 is 0 Å². The van der Waals surface area contributed by atoms with Gasteiger partial charge in [-0.15, -0.1) is 0 Å². The van der Waals surface area contributed by atoms with Gasteiger partial charge in [-0.25, -0.2) is 0 Å². The van der Waals surface area contributed by atoms with Gasteiger partial charge in [-0.3, -0.25) is 9.88 Å². The van der Waals surface area contributed by atoms with Gasteiger partial charge in [0, 0.05) is 17.8 Å². The maximum atomic E-state index is 5.43. The van der Waals surface area contributed by atoms with Crippen molar-refractivity contribution in [3.63, 3.8) is 0 Å². The van der Waals surface area contributed by atoms with E-state index < -0.39 is 0 Å². The van der Waals surface area contributed by atoms with Gasteiger partial charge in [0.15, 0.2) is 5.76 Å². The minimum atomic E-state index is 0.486. The maximum Gasteiger partial charge on any atom is 0.241 e. The zero-order valence-corrected chi connectivity index (χ0v) is 14.2. The van der Waals surface area contributed by atoms with Crippen molar-refractivity contribution in [1.29, 1.82) is 0 Å². The first kappa shape index (κ1) is 16.2. The third kappa shape index (κ3) is 3.68. The van der Waals surface area contributed by atoms with E-state index in [1.807, 2.05) is 66.5 Å². The van der Waals surface area contributed by atoms with Crippen LogP contribution in [0.15, 0.2) is 69.8 Å². The molecule has 0 fully saturated rings. The lowest BCUT2D eigenvalue weighted by molar-refractivity contribution is 0.234. The highest BCUT2D eigenvalue weighted by atomic mass is 16.5. The van der Waals surface area contributed by atoms with E-state index in [1.165, 1.54) is 0 Å². The van der Waals surface area contributed by atoms with Crippen LogP contribution in [0.1, 0.15) is 11.7 Å². The smallest absolute Gasteiger partial charge is 0.241 e. The van der Waals surface area contributed by atoms with Gasteiger partial charge in [-0.05, 0) is 19.2 Å². The van der Waals surface area contributed by atoms with E-state index in [2.05, 4.69) is 20.3 Å². The maximum absolute atomic E-state index is 5.43. The topological polar surface area (TPSA) is 81.1 Å². The normalized spacial score (nSPS) is 11.2. The zero-order chi connectivity index (χ0) is 17.8. The molecule has 0 aliphatic rings. The lowest BCUT2D eigenvalue weighted by Gasteiger charge is -2.10. The van der Waals surface area contributed by atoms with Gasteiger partial charge in [0.1, 0.15) is 11.4 Å². The fourth-order valence-corrected chi connectivity index (χ4v) is 2.60. The highest BCUT2D eigenvalue weighted by molar-refractivity contribution is 5.58. The van der Waals surface area contributed by atoms with Gasteiger partial charge in [0.25, 0.3) is 0 Å². The second-order valence-electron chi connectivity index (χ2n) is 5.94. The zero-order valence-electron chi connectivity index (χ0n) is 14.2. The molecule has 4 aromatic rings. The minimum Gasteiger partial charge on any atom is -0.359 e. The summed E-state index contributed by atoms with van der Waals surface area (Å²) in [7, 11) is 1.95. The van der Waals surface area contributed by atoms with E-state index in [0.29, 0.717) is 30.5 Å². The molecule has 0 amide bonds.